The number of hydrogen-bond acceptors (Lipinski definition) is 4. The summed E-state index contributed by atoms with van der Waals surface area (Å²) in [5.74, 6) is 0.585. The number of aliphatic hydroxyl groups excluding tert-OH is 1. The summed E-state index contributed by atoms with van der Waals surface area (Å²) in [6, 6.07) is 2.36. The molecule has 1 aromatic heterocycles. The van der Waals surface area contributed by atoms with E-state index >= 15 is 0 Å². The molecule has 7 heteroatoms. The van der Waals surface area contributed by atoms with Gasteiger partial charge in [-0.05, 0) is 12.1 Å². The van der Waals surface area contributed by atoms with E-state index in [0.29, 0.717) is 24.0 Å². The molecule has 2 rings (SSSR count). The van der Waals surface area contributed by atoms with Gasteiger partial charge in [-0.3, -0.25) is 0 Å². The highest BCUT2D eigenvalue weighted by atomic mass is 32.2. The van der Waals surface area contributed by atoms with Gasteiger partial charge >= 0.3 is 6.18 Å². The lowest BCUT2D eigenvalue weighted by Crippen LogP contribution is -2.47. The Morgan fingerprint density at radius 3 is 2.50 bits per heavy atom. The first-order valence-electron chi connectivity index (χ1n) is 5.30. The monoisotopic (exact) mass is 279 g/mol. The van der Waals surface area contributed by atoms with Crippen molar-refractivity contribution in [2.75, 3.05) is 25.6 Å². The number of halogens is 3. The highest BCUT2D eigenvalue weighted by molar-refractivity contribution is 7.99. The first-order chi connectivity index (χ1) is 8.45. The van der Waals surface area contributed by atoms with Crippen LogP contribution in [0.15, 0.2) is 23.4 Å². The van der Waals surface area contributed by atoms with Crippen molar-refractivity contribution in [2.24, 2.45) is 5.41 Å². The van der Waals surface area contributed by atoms with E-state index in [-0.39, 0.29) is 12.0 Å². The Hall–Kier alpha value is -0.790. The van der Waals surface area contributed by atoms with Gasteiger partial charge in [0.15, 0.2) is 0 Å². The molecule has 3 nitrogen and oxygen atoms in total. The lowest BCUT2D eigenvalue weighted by atomic mass is 9.90. The summed E-state index contributed by atoms with van der Waals surface area (Å²) in [6.45, 7) is 0.981. The highest BCUT2D eigenvalue weighted by Gasteiger charge is 2.38. The smallest absolute Gasteiger partial charge is 0.396 e. The van der Waals surface area contributed by atoms with Crippen LogP contribution in [0.5, 0.6) is 0 Å². The van der Waals surface area contributed by atoms with E-state index in [0.717, 1.165) is 12.3 Å². The van der Waals surface area contributed by atoms with E-state index < -0.39 is 11.7 Å². The molecule has 1 saturated heterocycles. The van der Waals surface area contributed by atoms with Crippen LogP contribution in [0.1, 0.15) is 5.56 Å². The molecule has 0 spiro atoms. The molecule has 1 N–H and O–H groups in total. The Morgan fingerprint density at radius 1 is 1.39 bits per heavy atom. The van der Waals surface area contributed by atoms with Crippen molar-refractivity contribution in [3.8, 4) is 0 Å². The van der Waals surface area contributed by atoms with Crippen molar-refractivity contribution < 1.29 is 23.0 Å². The second kappa shape index (κ2) is 5.07. The molecule has 1 fully saturated rings. The average molecular weight is 279 g/mol. The molecule has 0 aromatic carbocycles. The minimum absolute atomic E-state index is 0.0145. The van der Waals surface area contributed by atoms with Crippen LogP contribution in [0.4, 0.5) is 13.2 Å². The van der Waals surface area contributed by atoms with Crippen LogP contribution in [0.2, 0.25) is 0 Å². The third-order valence-corrected chi connectivity index (χ3v) is 4.04. The van der Waals surface area contributed by atoms with Gasteiger partial charge in [0.1, 0.15) is 0 Å². The largest absolute Gasteiger partial charge is 0.417 e. The Bertz CT molecular complexity index is 398. The summed E-state index contributed by atoms with van der Waals surface area (Å²) in [6.07, 6.45) is -3.53. The van der Waals surface area contributed by atoms with Crippen LogP contribution in [-0.2, 0) is 10.9 Å². The van der Waals surface area contributed by atoms with Crippen LogP contribution in [0.25, 0.3) is 0 Å². The average Bonchev–Trinajstić information content (AvgIpc) is 2.28. The number of hydrogen-bond donors (Lipinski definition) is 1. The lowest BCUT2D eigenvalue weighted by molar-refractivity contribution is -0.137. The number of ether oxygens (including phenoxy) is 1. The molecule has 0 amide bonds. The maximum Gasteiger partial charge on any atom is 0.417 e. The molecule has 1 aliphatic heterocycles. The number of aromatic nitrogens is 1. The van der Waals surface area contributed by atoms with Gasteiger partial charge < -0.3 is 9.84 Å². The Labute approximate surface area is 106 Å². The van der Waals surface area contributed by atoms with Crippen molar-refractivity contribution in [1.82, 2.24) is 4.98 Å². The van der Waals surface area contributed by atoms with Gasteiger partial charge in [0.25, 0.3) is 0 Å². The van der Waals surface area contributed by atoms with Crippen LogP contribution >= 0.6 is 11.8 Å². The molecule has 0 saturated carbocycles. The van der Waals surface area contributed by atoms with Gasteiger partial charge in [0.05, 0.1) is 30.4 Å². The predicted octanol–water partition coefficient (Wildman–Crippen LogP) is 2.20. The molecule has 0 bridgehead atoms. The van der Waals surface area contributed by atoms with E-state index in [4.69, 9.17) is 4.74 Å². The normalized spacial score (nSPS) is 18.4. The SMILES string of the molecule is OCC1(CSc2ccc(C(F)(F)F)cn2)COC1. The molecular weight excluding hydrogens is 267 g/mol. The van der Waals surface area contributed by atoms with Crippen molar-refractivity contribution in [1.29, 1.82) is 0 Å². The zero-order chi connectivity index (χ0) is 13.2. The molecular formula is C11H12F3NO2S. The lowest BCUT2D eigenvalue weighted by Gasteiger charge is -2.39. The fraction of sp³-hybridized carbons (Fsp3) is 0.545. The van der Waals surface area contributed by atoms with Gasteiger partial charge in [-0.15, -0.1) is 11.8 Å². The van der Waals surface area contributed by atoms with E-state index in [1.54, 1.807) is 0 Å². The van der Waals surface area contributed by atoms with Gasteiger partial charge in [0, 0.05) is 17.4 Å². The molecule has 1 aliphatic rings. The van der Waals surface area contributed by atoms with Crippen molar-refractivity contribution in [3.05, 3.63) is 23.9 Å². The fourth-order valence-corrected chi connectivity index (χ4v) is 2.47. The molecule has 18 heavy (non-hydrogen) atoms. The summed E-state index contributed by atoms with van der Waals surface area (Å²) in [4.78, 5) is 3.76. The molecule has 0 radical (unpaired) electrons. The van der Waals surface area contributed by atoms with E-state index in [1.165, 1.54) is 17.8 Å². The van der Waals surface area contributed by atoms with Crippen molar-refractivity contribution in [3.63, 3.8) is 0 Å². The summed E-state index contributed by atoms with van der Waals surface area (Å²) in [5, 5.41) is 9.72. The fourth-order valence-electron chi connectivity index (χ4n) is 1.47. The zero-order valence-corrected chi connectivity index (χ0v) is 10.2. The maximum absolute atomic E-state index is 12.3. The van der Waals surface area contributed by atoms with Crippen molar-refractivity contribution >= 4 is 11.8 Å². The Balaban J connectivity index is 1.94. The summed E-state index contributed by atoms with van der Waals surface area (Å²) in [5.41, 5.74) is -1.02. The van der Waals surface area contributed by atoms with Crippen LogP contribution < -0.4 is 0 Å². The minimum Gasteiger partial charge on any atom is -0.396 e. The third-order valence-electron chi connectivity index (χ3n) is 2.74. The number of nitrogens with zero attached hydrogens (tertiary/aromatic N) is 1. The third kappa shape index (κ3) is 2.96. The first-order valence-corrected chi connectivity index (χ1v) is 6.28. The Morgan fingerprint density at radius 2 is 2.11 bits per heavy atom. The molecule has 100 valence electrons. The topological polar surface area (TPSA) is 42.4 Å². The molecule has 0 aliphatic carbocycles. The molecule has 0 atom stereocenters. The first kappa shape index (κ1) is 13.6. The predicted molar refractivity (Wildman–Crippen MR) is 60.3 cm³/mol. The van der Waals surface area contributed by atoms with Gasteiger partial charge in [0.2, 0.25) is 0 Å². The molecule has 2 heterocycles. The van der Waals surface area contributed by atoms with E-state index in [9.17, 15) is 18.3 Å². The second-order valence-electron chi connectivity index (χ2n) is 4.32. The van der Waals surface area contributed by atoms with Crippen molar-refractivity contribution in [2.45, 2.75) is 11.2 Å². The maximum atomic E-state index is 12.3. The second-order valence-corrected chi connectivity index (χ2v) is 5.32. The summed E-state index contributed by atoms with van der Waals surface area (Å²) < 4.78 is 42.0. The quantitative estimate of drug-likeness (QED) is 0.858. The van der Waals surface area contributed by atoms with E-state index in [2.05, 4.69) is 4.98 Å². The van der Waals surface area contributed by atoms with Crippen LogP contribution in [-0.4, -0.2) is 35.7 Å². The number of thioether (sulfide) groups is 1. The van der Waals surface area contributed by atoms with Gasteiger partial charge in [-0.2, -0.15) is 13.2 Å². The van der Waals surface area contributed by atoms with E-state index in [1.807, 2.05) is 0 Å². The highest BCUT2D eigenvalue weighted by Crippen LogP contribution is 2.34. The Kier molecular flexibility index (Phi) is 3.84. The van der Waals surface area contributed by atoms with Crippen LogP contribution in [0.3, 0.4) is 0 Å². The number of pyridine rings is 1. The number of alkyl halides is 3. The molecule has 0 unspecified atom stereocenters. The number of rotatable bonds is 4. The summed E-state index contributed by atoms with van der Waals surface area (Å²) >= 11 is 1.33. The number of aliphatic hydroxyl groups is 1. The molecule has 1 aromatic rings. The zero-order valence-electron chi connectivity index (χ0n) is 9.41. The van der Waals surface area contributed by atoms with Gasteiger partial charge in [-0.25, -0.2) is 4.98 Å². The van der Waals surface area contributed by atoms with Gasteiger partial charge in [-0.1, -0.05) is 0 Å². The summed E-state index contributed by atoms with van der Waals surface area (Å²) in [7, 11) is 0. The standard InChI is InChI=1S/C11H12F3NO2S/c12-11(13,14)8-1-2-9(15-3-8)18-7-10(4-16)5-17-6-10/h1-3,16H,4-7H2. The van der Waals surface area contributed by atoms with Crippen LogP contribution in [0, 0.1) is 5.41 Å². The minimum atomic E-state index is -4.36.